The Balaban J connectivity index is 0.000000529. The standard InChI is InChI=1S/2C12H20NSi.2ClH.Zr/c2*1-14(2,12-8-4-5-9-12)13-10-6-3-7-11-13;;;/h2*4,8H,3,5-7,10-11H2,1-2H3;2*1H;/q2*-1;;;+2. The van der Waals surface area contributed by atoms with Crippen LogP contribution in [0.4, 0.5) is 0 Å². The van der Waals surface area contributed by atoms with E-state index in [1.165, 1.54) is 75.1 Å². The molecule has 2 heterocycles. The van der Waals surface area contributed by atoms with E-state index < -0.39 is 16.5 Å². The quantitative estimate of drug-likeness (QED) is 0.273. The van der Waals surface area contributed by atoms with Gasteiger partial charge in [0.2, 0.25) is 0 Å². The third-order valence-electron chi connectivity index (χ3n) is 7.00. The molecule has 0 radical (unpaired) electrons. The Hall–Kier alpha value is 0.777. The van der Waals surface area contributed by atoms with Gasteiger partial charge in [-0.2, -0.15) is 12.2 Å². The van der Waals surface area contributed by atoms with Gasteiger partial charge in [-0.1, -0.05) is 39.0 Å². The molecule has 0 saturated carbocycles. The first-order valence-electron chi connectivity index (χ1n) is 11.5. The number of allylic oxidation sites excluding steroid dienone is 8. The molecular weight excluding hydrogens is 535 g/mol. The van der Waals surface area contributed by atoms with Gasteiger partial charge in [0.15, 0.2) is 0 Å². The fourth-order valence-electron chi connectivity index (χ4n) is 4.90. The summed E-state index contributed by atoms with van der Waals surface area (Å²) >= 11 is 0. The van der Waals surface area contributed by atoms with Gasteiger partial charge in [-0.15, -0.1) is 37.7 Å². The van der Waals surface area contributed by atoms with Gasteiger partial charge in [0.05, 0.1) is 0 Å². The zero-order valence-corrected chi connectivity index (χ0v) is 26.1. The summed E-state index contributed by atoms with van der Waals surface area (Å²) in [7, 11) is -2.63. The van der Waals surface area contributed by atoms with Gasteiger partial charge in [-0.25, -0.2) is 22.5 Å². The van der Waals surface area contributed by atoms with Gasteiger partial charge >= 0.3 is 26.2 Å². The molecule has 0 unspecified atom stereocenters. The summed E-state index contributed by atoms with van der Waals surface area (Å²) in [6.45, 7) is 15.1. The Labute approximate surface area is 225 Å². The predicted molar refractivity (Wildman–Crippen MR) is 141 cm³/mol. The van der Waals surface area contributed by atoms with Crippen LogP contribution in [0.3, 0.4) is 0 Å². The average Bonchev–Trinajstić information content (AvgIpc) is 3.44. The van der Waals surface area contributed by atoms with Crippen LogP contribution in [0.1, 0.15) is 51.4 Å². The number of halogens is 2. The normalized spacial score (nSPS) is 21.7. The van der Waals surface area contributed by atoms with E-state index in [0.717, 1.165) is 12.8 Å². The van der Waals surface area contributed by atoms with E-state index >= 15 is 0 Å². The summed E-state index contributed by atoms with van der Waals surface area (Å²) in [5.74, 6) is 0. The molecule has 0 amide bonds. The molecule has 0 N–H and O–H groups in total. The van der Waals surface area contributed by atoms with Crippen LogP contribution in [0, 0.1) is 12.2 Å². The van der Waals surface area contributed by atoms with Crippen molar-refractivity contribution in [1.29, 1.82) is 0 Å². The molecular formula is C24H42Cl2N2Si2Zr. The molecule has 2 aliphatic carbocycles. The smallest absolute Gasteiger partial charge is 0.322 e. The Morgan fingerprint density at radius 3 is 1.19 bits per heavy atom. The zero-order valence-electron chi connectivity index (χ0n) is 20.0. The second kappa shape index (κ2) is 14.9. The minimum Gasteiger partial charge on any atom is -0.322 e. The van der Waals surface area contributed by atoms with Crippen molar-refractivity contribution in [3.05, 3.63) is 46.8 Å². The van der Waals surface area contributed by atoms with Crippen LogP contribution in [-0.2, 0) is 26.2 Å². The molecule has 0 bridgehead atoms. The third-order valence-corrected chi connectivity index (χ3v) is 14.4. The summed E-state index contributed by atoms with van der Waals surface area (Å²) in [4.78, 5) is 0. The van der Waals surface area contributed by atoms with Crippen molar-refractivity contribution in [2.45, 2.75) is 77.6 Å². The second-order valence-electron chi connectivity index (χ2n) is 9.61. The second-order valence-corrected chi connectivity index (χ2v) is 18.2. The van der Waals surface area contributed by atoms with Crippen LogP contribution in [0.15, 0.2) is 34.7 Å². The molecule has 2 saturated heterocycles. The fraction of sp³-hybridized carbons (Fsp3) is 0.667. The monoisotopic (exact) mass is 574 g/mol. The molecule has 174 valence electrons. The maximum Gasteiger partial charge on any atom is 2.00 e. The maximum atomic E-state index is 3.52. The maximum absolute atomic E-state index is 3.52. The fourth-order valence-corrected chi connectivity index (χ4v) is 10.6. The van der Waals surface area contributed by atoms with Gasteiger partial charge < -0.3 is 9.13 Å². The number of piperidine rings is 2. The molecule has 2 nitrogen and oxygen atoms in total. The van der Waals surface area contributed by atoms with E-state index in [4.69, 9.17) is 0 Å². The molecule has 0 spiro atoms. The minimum absolute atomic E-state index is 0. The van der Waals surface area contributed by atoms with E-state index in [9.17, 15) is 0 Å². The van der Waals surface area contributed by atoms with Crippen LogP contribution >= 0.6 is 24.8 Å². The minimum atomic E-state index is -1.32. The van der Waals surface area contributed by atoms with Gasteiger partial charge in [-0.3, -0.25) is 12.2 Å². The number of nitrogens with zero attached hydrogens (tertiary/aromatic N) is 2. The molecule has 0 aromatic carbocycles. The van der Waals surface area contributed by atoms with E-state index in [0.29, 0.717) is 0 Å². The van der Waals surface area contributed by atoms with Gasteiger partial charge in [0.1, 0.15) is 16.5 Å². The molecule has 4 aliphatic rings. The molecule has 2 fully saturated rings. The summed E-state index contributed by atoms with van der Waals surface area (Å²) in [5.41, 5.74) is 0. The van der Waals surface area contributed by atoms with Crippen LogP contribution in [-0.4, -0.2) is 51.8 Å². The summed E-state index contributed by atoms with van der Waals surface area (Å²) in [6, 6.07) is 0. The van der Waals surface area contributed by atoms with Crippen LogP contribution in [0.2, 0.25) is 26.2 Å². The van der Waals surface area contributed by atoms with Crippen LogP contribution in [0.25, 0.3) is 0 Å². The average molecular weight is 577 g/mol. The predicted octanol–water partition coefficient (Wildman–Crippen LogP) is 6.65. The molecule has 0 aromatic heterocycles. The van der Waals surface area contributed by atoms with Crippen molar-refractivity contribution in [2.75, 3.05) is 26.2 Å². The van der Waals surface area contributed by atoms with Crippen molar-refractivity contribution in [2.24, 2.45) is 0 Å². The van der Waals surface area contributed by atoms with Gasteiger partial charge in [0.25, 0.3) is 0 Å². The van der Waals surface area contributed by atoms with Crippen LogP contribution < -0.4 is 0 Å². The molecule has 0 aromatic rings. The van der Waals surface area contributed by atoms with Crippen molar-refractivity contribution < 1.29 is 26.2 Å². The Morgan fingerprint density at radius 1 is 0.613 bits per heavy atom. The molecule has 4 rings (SSSR count). The first-order valence-corrected chi connectivity index (χ1v) is 17.4. The largest absolute Gasteiger partial charge is 2.00 e. The van der Waals surface area contributed by atoms with Crippen molar-refractivity contribution in [3.63, 3.8) is 0 Å². The number of hydrogen-bond acceptors (Lipinski definition) is 2. The molecule has 0 atom stereocenters. The first kappa shape index (κ1) is 31.8. The summed E-state index contributed by atoms with van der Waals surface area (Å²) in [5, 5.41) is 3.05. The zero-order chi connectivity index (χ0) is 20.0. The first-order chi connectivity index (χ1) is 13.4. The molecule has 2 aliphatic heterocycles. The topological polar surface area (TPSA) is 6.48 Å². The Kier molecular flexibility index (Phi) is 15.3. The molecule has 31 heavy (non-hydrogen) atoms. The number of hydrogen-bond donors (Lipinski definition) is 0. The van der Waals surface area contributed by atoms with E-state index in [1.54, 1.807) is 0 Å². The summed E-state index contributed by atoms with van der Waals surface area (Å²) < 4.78 is 5.49. The Morgan fingerprint density at radius 2 is 0.935 bits per heavy atom. The van der Waals surface area contributed by atoms with E-state index in [2.05, 4.69) is 71.8 Å². The van der Waals surface area contributed by atoms with E-state index in [1.807, 2.05) is 0 Å². The van der Waals surface area contributed by atoms with Gasteiger partial charge in [0, 0.05) is 0 Å². The van der Waals surface area contributed by atoms with Crippen molar-refractivity contribution >= 4 is 41.3 Å². The van der Waals surface area contributed by atoms with Crippen molar-refractivity contribution in [3.8, 4) is 0 Å². The molecule has 7 heteroatoms. The van der Waals surface area contributed by atoms with Gasteiger partial charge in [-0.05, 0) is 51.9 Å². The third kappa shape index (κ3) is 8.49. The Bertz CT molecular complexity index is 592. The van der Waals surface area contributed by atoms with E-state index in [-0.39, 0.29) is 51.0 Å². The van der Waals surface area contributed by atoms with Crippen LogP contribution in [0.5, 0.6) is 0 Å². The summed E-state index contributed by atoms with van der Waals surface area (Å²) in [6.07, 6.45) is 26.7. The number of rotatable bonds is 4. The van der Waals surface area contributed by atoms with Crippen molar-refractivity contribution in [1.82, 2.24) is 9.13 Å². The SMILES string of the molecule is C[Si](C)(C1=[C-]CC=C1)N1CCCCC1.C[Si](C)(C1=[C-]CC=C1)N1CCCCC1.Cl.Cl.[Zr+2].